The van der Waals surface area contributed by atoms with Crippen molar-refractivity contribution >= 4 is 58.3 Å². The number of rotatable bonds is 20. The normalized spacial score (nSPS) is 14.0. The molecule has 2 fully saturated rings. The molecular formula is C58H56Cl2N2O12. The van der Waals surface area contributed by atoms with Gasteiger partial charge in [-0.2, -0.15) is 0 Å². The van der Waals surface area contributed by atoms with Gasteiger partial charge in [0.25, 0.3) is 11.1 Å². The minimum Gasteiger partial charge on any atom is -0.495 e. The average molecular weight is 1040 g/mol. The van der Waals surface area contributed by atoms with Crippen LogP contribution in [0.5, 0.6) is 11.5 Å². The number of ketones is 4. The molecule has 0 amide bonds. The van der Waals surface area contributed by atoms with E-state index in [-0.39, 0.29) is 58.2 Å². The second-order valence-corrected chi connectivity index (χ2v) is 19.8. The molecule has 0 unspecified atom stereocenters. The number of Topliss-reactive ketones (excluding diaryl/α,β-unsaturated/α-hetero) is 4. The van der Waals surface area contributed by atoms with Gasteiger partial charge in [0.2, 0.25) is 0 Å². The molecule has 384 valence electrons. The quantitative estimate of drug-likeness (QED) is 0.0685. The maximum atomic E-state index is 13.5. The molecule has 2 atom stereocenters. The molecule has 0 bridgehead atoms. The summed E-state index contributed by atoms with van der Waals surface area (Å²) in [6.07, 6.45) is 10.5. The lowest BCUT2D eigenvalue weighted by Crippen LogP contribution is -2.33. The summed E-state index contributed by atoms with van der Waals surface area (Å²) in [7, 11) is 2.94. The first-order valence-electron chi connectivity index (χ1n) is 24.3. The summed E-state index contributed by atoms with van der Waals surface area (Å²) >= 11 is 12.4. The van der Waals surface area contributed by atoms with Crippen molar-refractivity contribution in [3.05, 3.63) is 174 Å². The average Bonchev–Trinajstić information content (AvgIpc) is 3.33. The lowest BCUT2D eigenvalue weighted by atomic mass is 9.79. The van der Waals surface area contributed by atoms with Crippen LogP contribution in [0, 0.1) is 11.8 Å². The summed E-state index contributed by atoms with van der Waals surface area (Å²) in [5, 5.41) is 19.1. The number of hydrogen-bond acceptors (Lipinski definition) is 10. The number of carbonyl (C=O) groups is 6. The molecule has 8 rings (SSSR count). The lowest BCUT2D eigenvalue weighted by molar-refractivity contribution is -0.123. The number of nitrogens with zero attached hydrogens (tertiary/aromatic N) is 2. The van der Waals surface area contributed by atoms with Gasteiger partial charge in [-0.25, -0.2) is 9.59 Å². The predicted molar refractivity (Wildman–Crippen MR) is 282 cm³/mol. The van der Waals surface area contributed by atoms with Crippen molar-refractivity contribution in [2.45, 2.75) is 90.1 Å². The van der Waals surface area contributed by atoms with Crippen LogP contribution in [-0.4, -0.2) is 68.6 Å². The maximum Gasteiger partial charge on any atom is 0.335 e. The van der Waals surface area contributed by atoms with Gasteiger partial charge in [-0.3, -0.25) is 28.8 Å². The summed E-state index contributed by atoms with van der Waals surface area (Å²) in [4.78, 5) is 101. The zero-order valence-corrected chi connectivity index (χ0v) is 42.9. The molecule has 4 aromatic carbocycles. The van der Waals surface area contributed by atoms with Gasteiger partial charge < -0.3 is 28.8 Å². The number of hydrogen-bond donors (Lipinski definition) is 2. The Morgan fingerprint density at radius 2 is 0.892 bits per heavy atom. The van der Waals surface area contributed by atoms with Gasteiger partial charge >= 0.3 is 11.9 Å². The smallest absolute Gasteiger partial charge is 0.335 e. The lowest BCUT2D eigenvalue weighted by Gasteiger charge is -2.30. The van der Waals surface area contributed by atoms with Crippen LogP contribution in [0.1, 0.15) is 130 Å². The summed E-state index contributed by atoms with van der Waals surface area (Å²) < 4.78 is 14.1. The maximum absolute atomic E-state index is 13.5. The fourth-order valence-corrected chi connectivity index (χ4v) is 9.78. The number of pyridine rings is 2. The van der Waals surface area contributed by atoms with Crippen molar-refractivity contribution in [3.63, 3.8) is 0 Å². The van der Waals surface area contributed by atoms with Crippen molar-refractivity contribution in [3.8, 4) is 33.8 Å². The van der Waals surface area contributed by atoms with Crippen molar-refractivity contribution in [2.75, 3.05) is 14.2 Å². The summed E-state index contributed by atoms with van der Waals surface area (Å²) in [6.45, 7) is 2.88. The minimum absolute atomic E-state index is 0.0660. The van der Waals surface area contributed by atoms with E-state index in [0.29, 0.717) is 90.7 Å². The minimum atomic E-state index is -1.04. The monoisotopic (exact) mass is 1040 g/mol. The number of carboxylic acid groups (broad SMARTS) is 2. The predicted octanol–water partition coefficient (Wildman–Crippen LogP) is 11.2. The Morgan fingerprint density at radius 1 is 0.541 bits per heavy atom. The number of benzene rings is 4. The van der Waals surface area contributed by atoms with Crippen LogP contribution in [0.4, 0.5) is 0 Å². The Kier molecular flexibility index (Phi) is 17.7. The van der Waals surface area contributed by atoms with Crippen LogP contribution in [0.25, 0.3) is 22.3 Å². The molecule has 2 aliphatic carbocycles. The van der Waals surface area contributed by atoms with Crippen molar-refractivity contribution in [2.24, 2.45) is 11.8 Å². The highest BCUT2D eigenvalue weighted by molar-refractivity contribution is 6.31. The number of methoxy groups -OCH3 is 2. The topological polar surface area (TPSA) is 205 Å². The van der Waals surface area contributed by atoms with Gasteiger partial charge in [-0.1, -0.05) is 86.0 Å². The van der Waals surface area contributed by atoms with E-state index in [0.717, 1.165) is 38.5 Å². The van der Waals surface area contributed by atoms with E-state index < -0.39 is 24.0 Å². The summed E-state index contributed by atoms with van der Waals surface area (Å²) in [5.74, 6) is -1.31. The zero-order valence-electron chi connectivity index (χ0n) is 41.4. The Morgan fingerprint density at radius 3 is 1.18 bits per heavy atom. The Hall–Kier alpha value is -7.42. The van der Waals surface area contributed by atoms with Crippen molar-refractivity contribution in [1.82, 2.24) is 9.13 Å². The molecule has 14 nitrogen and oxygen atoms in total. The van der Waals surface area contributed by atoms with Gasteiger partial charge in [0.05, 0.1) is 49.8 Å². The van der Waals surface area contributed by atoms with Gasteiger partial charge in [0.15, 0.2) is 23.1 Å². The fraction of sp³-hybridized carbons (Fsp3) is 0.310. The first-order chi connectivity index (χ1) is 35.3. The molecule has 0 radical (unpaired) electrons. The largest absolute Gasteiger partial charge is 0.495 e. The fourth-order valence-electron chi connectivity index (χ4n) is 9.44. The molecule has 2 N–H and O–H groups in total. The van der Waals surface area contributed by atoms with Crippen molar-refractivity contribution < 1.29 is 48.5 Å². The van der Waals surface area contributed by atoms with Gasteiger partial charge in [-0.15, -0.1) is 0 Å². The van der Waals surface area contributed by atoms with E-state index in [9.17, 15) is 38.4 Å². The third-order valence-electron chi connectivity index (χ3n) is 14.0. The van der Waals surface area contributed by atoms with E-state index in [1.807, 2.05) is 0 Å². The van der Waals surface area contributed by atoms with Gasteiger partial charge in [0.1, 0.15) is 11.5 Å². The standard InChI is InChI=1S/2C29H28ClNO6/c2*1-17(32)22-11-10-21(30)14-23(22)24-15-28(34)31(16-27(24)37-2)25(12-18-4-3-5-18)26(33)13-19-6-8-20(9-7-19)29(35)36/h2*6-11,14-16,18,25H,3-5,12-13H2,1-2H3,(H,35,36)/t2*25-/m10/s1. The summed E-state index contributed by atoms with van der Waals surface area (Å²) in [6, 6.07) is 23.4. The highest BCUT2D eigenvalue weighted by Crippen LogP contribution is 2.39. The Bertz CT molecular complexity index is 3030. The van der Waals surface area contributed by atoms with E-state index in [4.69, 9.17) is 42.9 Å². The van der Waals surface area contributed by atoms with Crippen LogP contribution < -0.4 is 20.6 Å². The molecule has 2 heterocycles. The molecule has 74 heavy (non-hydrogen) atoms. The van der Waals surface area contributed by atoms with E-state index in [1.54, 1.807) is 60.7 Å². The zero-order chi connectivity index (χ0) is 53.4. The number of halogens is 2. The number of aromatic nitrogens is 2. The molecular weight excluding hydrogens is 988 g/mol. The molecule has 0 spiro atoms. The number of carboxylic acids is 2. The van der Waals surface area contributed by atoms with Crippen LogP contribution >= 0.6 is 23.2 Å². The Labute approximate surface area is 437 Å². The van der Waals surface area contributed by atoms with Crippen LogP contribution in [0.3, 0.4) is 0 Å². The molecule has 16 heteroatoms. The molecule has 2 aromatic heterocycles. The van der Waals surface area contributed by atoms with Gasteiger partial charge in [-0.05, 0) is 121 Å². The first kappa shape index (κ1) is 54.4. The van der Waals surface area contributed by atoms with Crippen LogP contribution in [0.2, 0.25) is 10.0 Å². The Balaban J connectivity index is 0.000000216. The number of ether oxygens (including phenoxy) is 2. The molecule has 2 aliphatic rings. The second-order valence-electron chi connectivity index (χ2n) is 18.9. The molecule has 6 aromatic rings. The van der Waals surface area contributed by atoms with Gasteiger partial charge in [0, 0.05) is 57.3 Å². The SMILES string of the molecule is COc1cn([C@@H](CC2CCC2)C(=O)Cc2ccc(C(=O)O)cc2)c(=O)cc1-c1cc(Cl)ccc1C(C)=O.COc1cn([C@H](CC2CCC2)C(=O)Cc2ccc(C(=O)O)cc2)c(=O)cc1-c1cc(Cl)ccc1C(C)=O. The third-order valence-corrected chi connectivity index (χ3v) is 14.4. The van der Waals surface area contributed by atoms with Crippen molar-refractivity contribution in [1.29, 1.82) is 0 Å². The van der Waals surface area contributed by atoms with Crippen LogP contribution in [0.15, 0.2) is 119 Å². The highest BCUT2D eigenvalue weighted by Gasteiger charge is 2.32. The summed E-state index contributed by atoms with van der Waals surface area (Å²) in [5.41, 5.74) is 3.51. The van der Waals surface area contributed by atoms with E-state index >= 15 is 0 Å². The first-order valence-corrected chi connectivity index (χ1v) is 25.0. The van der Waals surface area contributed by atoms with Crippen LogP contribution in [-0.2, 0) is 22.4 Å². The second kappa shape index (κ2) is 24.1. The third kappa shape index (κ3) is 12.8. The molecule has 0 aliphatic heterocycles. The molecule has 0 saturated heterocycles. The molecule has 2 saturated carbocycles. The van der Waals surface area contributed by atoms with E-state index in [2.05, 4.69) is 0 Å². The number of aromatic carboxylic acids is 2. The van der Waals surface area contributed by atoms with E-state index in [1.165, 1.54) is 86.0 Å². The highest BCUT2D eigenvalue weighted by atomic mass is 35.5. The number of carbonyl (C=O) groups excluding carboxylic acids is 4.